The van der Waals surface area contributed by atoms with Crippen molar-refractivity contribution in [3.8, 4) is 0 Å². The van der Waals surface area contributed by atoms with E-state index < -0.39 is 12.9 Å². The Labute approximate surface area is 57.8 Å². The summed E-state index contributed by atoms with van der Waals surface area (Å²) in [4.78, 5) is 21.0. The van der Waals surface area contributed by atoms with E-state index in [2.05, 4.69) is 5.32 Å². The van der Waals surface area contributed by atoms with Crippen LogP contribution >= 0.6 is 0 Å². The number of nitrogens with one attached hydrogen (secondary N) is 2. The number of carbonyl (C=O) groups is 2. The van der Waals surface area contributed by atoms with E-state index in [9.17, 15) is 9.59 Å². The monoisotopic (exact) mass is 133 g/mol. The molecule has 2 N–H and O–H groups in total. The zero-order chi connectivity index (χ0) is 9.78. The third kappa shape index (κ3) is 4.80. The lowest BCUT2D eigenvalue weighted by Gasteiger charge is -1.98. The van der Waals surface area contributed by atoms with Crippen LogP contribution in [0.5, 0.6) is 0 Å². The molecule has 0 saturated heterocycles. The van der Waals surface area contributed by atoms with Gasteiger partial charge in [-0.15, -0.1) is 0 Å². The van der Waals surface area contributed by atoms with Crippen LogP contribution in [0.3, 0.4) is 0 Å². The highest BCUT2D eigenvalue weighted by Gasteiger charge is 1.95. The van der Waals surface area contributed by atoms with E-state index in [0.29, 0.717) is 0 Å². The quantitative estimate of drug-likeness (QED) is 0.500. The summed E-state index contributed by atoms with van der Waals surface area (Å²) in [6.45, 7) is -1.56. The Morgan fingerprint density at radius 3 is 2.78 bits per heavy atom. The first kappa shape index (κ1) is 3.87. The molecule has 0 aromatic heterocycles. The van der Waals surface area contributed by atoms with Crippen molar-refractivity contribution in [3.63, 3.8) is 0 Å². The van der Waals surface area contributed by atoms with Crippen molar-refractivity contribution >= 4 is 11.8 Å². The fraction of sp³-hybridized carbons (Fsp3) is 0.600. The molecular weight excluding hydrogens is 120 g/mol. The average Bonchev–Trinajstić information content (AvgIpc) is 1.79. The van der Waals surface area contributed by atoms with Gasteiger partial charge in [-0.25, -0.2) is 0 Å². The van der Waals surface area contributed by atoms with Gasteiger partial charge in [0.05, 0.1) is 6.54 Å². The van der Waals surface area contributed by atoms with Crippen molar-refractivity contribution in [3.05, 3.63) is 0 Å². The molecule has 0 spiro atoms. The summed E-state index contributed by atoms with van der Waals surface area (Å²) in [6.07, 6.45) is 0. The van der Waals surface area contributed by atoms with Gasteiger partial charge >= 0.3 is 0 Å². The third-order valence-corrected chi connectivity index (χ3v) is 0.637. The van der Waals surface area contributed by atoms with Crippen LogP contribution in [0.15, 0.2) is 0 Å². The second-order valence-corrected chi connectivity index (χ2v) is 1.46. The SMILES string of the molecule is [2H]C([2H])([2H])NC(=O)CNC(C)=O. The summed E-state index contributed by atoms with van der Waals surface area (Å²) >= 11 is 0. The van der Waals surface area contributed by atoms with E-state index in [-0.39, 0.29) is 12.5 Å². The molecule has 0 bridgehead atoms. The second kappa shape index (κ2) is 3.88. The minimum absolute atomic E-state index is 0.312. The molecule has 4 nitrogen and oxygen atoms in total. The molecule has 2 amide bonds. The normalized spacial score (nSPS) is 14.6. The lowest BCUT2D eigenvalue weighted by atomic mass is 10.5. The van der Waals surface area contributed by atoms with Gasteiger partial charge in [-0.1, -0.05) is 0 Å². The van der Waals surface area contributed by atoms with Crippen LogP contribution in [0.2, 0.25) is 0 Å². The molecule has 0 atom stereocenters. The first-order chi connectivity index (χ1) is 5.31. The van der Waals surface area contributed by atoms with Crippen molar-refractivity contribution in [2.45, 2.75) is 6.92 Å². The summed E-state index contributed by atoms with van der Waals surface area (Å²) in [7, 11) is 0. The molecule has 0 aromatic carbocycles. The molecule has 0 radical (unpaired) electrons. The van der Waals surface area contributed by atoms with Gasteiger partial charge in [-0.3, -0.25) is 9.59 Å². The maximum atomic E-state index is 10.7. The molecule has 0 aromatic rings. The first-order valence-electron chi connectivity index (χ1n) is 3.87. The number of carbonyl (C=O) groups excluding carboxylic acids is 2. The van der Waals surface area contributed by atoms with Crippen molar-refractivity contribution in [2.75, 3.05) is 13.5 Å². The second-order valence-electron chi connectivity index (χ2n) is 1.46. The van der Waals surface area contributed by atoms with E-state index in [0.717, 1.165) is 0 Å². The van der Waals surface area contributed by atoms with Crippen LogP contribution in [0.25, 0.3) is 0 Å². The van der Waals surface area contributed by atoms with Crippen molar-refractivity contribution in [1.82, 2.24) is 10.6 Å². The minimum Gasteiger partial charge on any atom is -0.358 e. The number of amides is 2. The predicted octanol–water partition coefficient (Wildman–Crippen LogP) is -1.13. The molecule has 0 heterocycles. The lowest BCUT2D eigenvalue weighted by Crippen LogP contribution is -2.33. The number of likely N-dealkylation sites (N-methyl/N-ethyl adjacent to an activating group) is 1. The largest absolute Gasteiger partial charge is 0.358 e. The highest BCUT2D eigenvalue weighted by atomic mass is 16.2. The van der Waals surface area contributed by atoms with E-state index in [1.54, 1.807) is 5.32 Å². The molecule has 4 heteroatoms. The predicted molar refractivity (Wildman–Crippen MR) is 32.8 cm³/mol. The van der Waals surface area contributed by atoms with Gasteiger partial charge in [0.15, 0.2) is 0 Å². The van der Waals surface area contributed by atoms with Gasteiger partial charge in [0.25, 0.3) is 0 Å². The Hall–Kier alpha value is -1.06. The van der Waals surface area contributed by atoms with Crippen LogP contribution in [0, 0.1) is 0 Å². The summed E-state index contributed by atoms with van der Waals surface area (Å²) in [5.41, 5.74) is 0. The molecule has 0 rings (SSSR count). The summed E-state index contributed by atoms with van der Waals surface area (Å²) in [5.74, 6) is -1.11. The molecule has 0 aliphatic heterocycles. The topological polar surface area (TPSA) is 58.2 Å². The Kier molecular flexibility index (Phi) is 1.67. The molecule has 52 valence electrons. The summed E-state index contributed by atoms with van der Waals surface area (Å²) in [5, 5.41) is 3.89. The van der Waals surface area contributed by atoms with E-state index in [4.69, 9.17) is 4.11 Å². The molecule has 0 aliphatic carbocycles. The highest BCUT2D eigenvalue weighted by Crippen LogP contribution is 1.61. The van der Waals surface area contributed by atoms with E-state index in [1.165, 1.54) is 6.92 Å². The standard InChI is InChI=1S/C5H10N2O2/c1-4(8)7-3-5(9)6-2/h3H2,1-2H3,(H,6,9)(H,7,8)/i2D3. The Morgan fingerprint density at radius 1 is 1.67 bits per heavy atom. The summed E-state index contributed by atoms with van der Waals surface area (Å²) < 4.78 is 19.9. The van der Waals surface area contributed by atoms with Crippen molar-refractivity contribution < 1.29 is 13.7 Å². The molecular formula is C5H10N2O2. The molecule has 0 saturated carbocycles. The van der Waals surface area contributed by atoms with Crippen LogP contribution < -0.4 is 10.6 Å². The van der Waals surface area contributed by atoms with Crippen LogP contribution in [0.1, 0.15) is 11.0 Å². The van der Waals surface area contributed by atoms with E-state index >= 15 is 0 Å². The maximum Gasteiger partial charge on any atom is 0.239 e. The number of rotatable bonds is 2. The maximum absolute atomic E-state index is 10.7. The van der Waals surface area contributed by atoms with Gasteiger partial charge in [0.2, 0.25) is 11.8 Å². The Balaban J connectivity index is 3.68. The Morgan fingerprint density at radius 2 is 2.33 bits per heavy atom. The van der Waals surface area contributed by atoms with Gasteiger partial charge in [0.1, 0.15) is 0 Å². The van der Waals surface area contributed by atoms with Crippen LogP contribution in [0.4, 0.5) is 0 Å². The van der Waals surface area contributed by atoms with Gasteiger partial charge < -0.3 is 10.6 Å². The number of hydrogen-bond acceptors (Lipinski definition) is 2. The number of hydrogen-bond donors (Lipinski definition) is 2. The zero-order valence-electron chi connectivity index (χ0n) is 8.02. The van der Waals surface area contributed by atoms with Gasteiger partial charge in [-0.2, -0.15) is 0 Å². The van der Waals surface area contributed by atoms with Gasteiger partial charge in [-0.05, 0) is 0 Å². The first-order valence-corrected chi connectivity index (χ1v) is 2.37. The summed E-state index contributed by atoms with van der Waals surface area (Å²) in [6, 6.07) is 0. The highest BCUT2D eigenvalue weighted by molar-refractivity contribution is 5.83. The molecule has 9 heavy (non-hydrogen) atoms. The lowest BCUT2D eigenvalue weighted by molar-refractivity contribution is -0.124. The molecule has 0 aliphatic rings. The molecule has 0 fully saturated rings. The minimum atomic E-state index is -2.49. The zero-order valence-corrected chi connectivity index (χ0v) is 5.02. The van der Waals surface area contributed by atoms with Crippen molar-refractivity contribution in [1.29, 1.82) is 0 Å². The van der Waals surface area contributed by atoms with Crippen molar-refractivity contribution in [2.24, 2.45) is 0 Å². The molecule has 0 unspecified atom stereocenters. The van der Waals surface area contributed by atoms with Crippen LogP contribution in [-0.4, -0.2) is 25.3 Å². The smallest absolute Gasteiger partial charge is 0.239 e. The van der Waals surface area contributed by atoms with E-state index in [1.807, 2.05) is 0 Å². The van der Waals surface area contributed by atoms with Gasteiger partial charge in [0, 0.05) is 18.0 Å². The third-order valence-electron chi connectivity index (χ3n) is 0.637. The average molecular weight is 133 g/mol. The fourth-order valence-corrected chi connectivity index (χ4v) is 0.249. The van der Waals surface area contributed by atoms with Crippen LogP contribution in [-0.2, 0) is 9.59 Å². The Bertz CT molecular complexity index is 190. The fourth-order valence-electron chi connectivity index (χ4n) is 0.249.